The molecule has 0 aliphatic carbocycles. The molecule has 0 saturated heterocycles. The van der Waals surface area contributed by atoms with Gasteiger partial charge in [0.15, 0.2) is 0 Å². The molecular weight excluding hydrogens is 436 g/mol. The summed E-state index contributed by atoms with van der Waals surface area (Å²) in [5.41, 5.74) is 0. The summed E-state index contributed by atoms with van der Waals surface area (Å²) in [6.07, 6.45) is 43.3. The van der Waals surface area contributed by atoms with Gasteiger partial charge >= 0.3 is 0 Å². The Labute approximate surface area is 230 Å². The van der Waals surface area contributed by atoms with Gasteiger partial charge in [0.25, 0.3) is 0 Å². The Balaban J connectivity index is 3.00. The Kier molecular flexibility index (Phi) is 34.9. The lowest BCUT2D eigenvalue weighted by atomic mass is 10.0. The highest BCUT2D eigenvalue weighted by atomic mass is 16.5. The standard InChI is InChI=1S/C35H70O/c1-3-5-7-9-11-13-15-17-19-21-23-25-27-29-31-33-35-36-34-32-30-28-26-24-22-20-18-16-14-12-10-8-6-4-2/h1-35H2. The fourth-order valence-corrected chi connectivity index (χ4v) is 5.28. The minimum atomic E-state index is 0.991. The summed E-state index contributed by atoms with van der Waals surface area (Å²) in [4.78, 5) is 0. The van der Waals surface area contributed by atoms with Crippen molar-refractivity contribution >= 4 is 0 Å². The molecule has 0 heterocycles. The molecule has 1 heteroatoms. The van der Waals surface area contributed by atoms with Crippen molar-refractivity contribution in [1.82, 2.24) is 0 Å². The molecular formula is C35H70O. The first-order valence-electron chi connectivity index (χ1n) is 17.1. The molecule has 0 aliphatic heterocycles. The van der Waals surface area contributed by atoms with Crippen LogP contribution >= 0.6 is 0 Å². The summed E-state index contributed by atoms with van der Waals surface area (Å²) in [7, 11) is 0. The number of rotatable bonds is 33. The minimum absolute atomic E-state index is 0.991. The van der Waals surface area contributed by atoms with Crippen molar-refractivity contribution < 1.29 is 4.74 Å². The van der Waals surface area contributed by atoms with E-state index < -0.39 is 0 Å². The van der Waals surface area contributed by atoms with Crippen molar-refractivity contribution in [3.63, 3.8) is 0 Å². The third-order valence-electron chi connectivity index (χ3n) is 7.83. The zero-order chi connectivity index (χ0) is 26.0. The van der Waals surface area contributed by atoms with Gasteiger partial charge in [-0.1, -0.05) is 200 Å². The molecule has 36 heavy (non-hydrogen) atoms. The molecule has 0 fully saturated rings. The summed E-state index contributed by atoms with van der Waals surface area (Å²) in [6, 6.07) is 0. The van der Waals surface area contributed by atoms with Crippen LogP contribution in [0.2, 0.25) is 0 Å². The molecule has 216 valence electrons. The van der Waals surface area contributed by atoms with Crippen molar-refractivity contribution in [2.75, 3.05) is 13.2 Å². The lowest BCUT2D eigenvalue weighted by Gasteiger charge is -2.05. The monoisotopic (exact) mass is 507 g/mol. The fraction of sp³-hybridized carbons (Fsp3) is 0.943. The van der Waals surface area contributed by atoms with E-state index in [1.807, 2.05) is 0 Å². The van der Waals surface area contributed by atoms with Gasteiger partial charge in [-0.15, -0.1) is 0 Å². The number of hydrogen-bond donors (Lipinski definition) is 0. The second-order valence-corrected chi connectivity index (χ2v) is 11.6. The molecule has 0 aromatic heterocycles. The normalized spacial score (nSPS) is 11.5. The maximum absolute atomic E-state index is 5.86. The molecule has 0 saturated carbocycles. The van der Waals surface area contributed by atoms with Crippen molar-refractivity contribution in [3.05, 3.63) is 13.8 Å². The van der Waals surface area contributed by atoms with Crippen LogP contribution in [-0.2, 0) is 4.74 Å². The lowest BCUT2D eigenvalue weighted by Crippen LogP contribution is -1.97. The van der Waals surface area contributed by atoms with Gasteiger partial charge < -0.3 is 4.74 Å². The highest BCUT2D eigenvalue weighted by Crippen LogP contribution is 2.15. The predicted octanol–water partition coefficient (Wildman–Crippen LogP) is 12.8. The van der Waals surface area contributed by atoms with Gasteiger partial charge in [0, 0.05) is 13.2 Å². The molecule has 0 unspecified atom stereocenters. The molecule has 0 amide bonds. The molecule has 0 rings (SSSR count). The summed E-state index contributed by atoms with van der Waals surface area (Å²) in [5.74, 6) is 0. The maximum Gasteiger partial charge on any atom is 0.0466 e. The first-order chi connectivity index (χ1) is 17.9. The van der Waals surface area contributed by atoms with E-state index in [0.717, 1.165) is 26.1 Å². The molecule has 0 spiro atoms. The van der Waals surface area contributed by atoms with Gasteiger partial charge in [0.1, 0.15) is 0 Å². The van der Waals surface area contributed by atoms with Crippen LogP contribution in [0.4, 0.5) is 0 Å². The number of unbranched alkanes of at least 4 members (excludes halogenated alkanes) is 29. The largest absolute Gasteiger partial charge is 0.381 e. The Hall–Kier alpha value is -0.0400. The molecule has 0 N–H and O–H groups in total. The van der Waals surface area contributed by atoms with Crippen LogP contribution in [0.3, 0.4) is 0 Å². The molecule has 0 aliphatic rings. The summed E-state index contributed by atoms with van der Waals surface area (Å²) < 4.78 is 5.86. The number of hydrogen-bond acceptors (Lipinski definition) is 1. The summed E-state index contributed by atoms with van der Waals surface area (Å²) in [5, 5.41) is 0. The van der Waals surface area contributed by atoms with Crippen LogP contribution in [0.25, 0.3) is 0 Å². The van der Waals surface area contributed by atoms with E-state index in [1.54, 1.807) is 0 Å². The minimum Gasteiger partial charge on any atom is -0.381 e. The van der Waals surface area contributed by atoms with Gasteiger partial charge in [-0.25, -0.2) is 0 Å². The molecule has 1 nitrogen and oxygen atoms in total. The van der Waals surface area contributed by atoms with E-state index in [2.05, 4.69) is 13.8 Å². The van der Waals surface area contributed by atoms with Crippen LogP contribution < -0.4 is 0 Å². The molecule has 0 aromatic carbocycles. The highest BCUT2D eigenvalue weighted by Gasteiger charge is 1.97. The van der Waals surface area contributed by atoms with Crippen LogP contribution in [0.1, 0.15) is 199 Å². The van der Waals surface area contributed by atoms with Crippen molar-refractivity contribution in [3.8, 4) is 0 Å². The average molecular weight is 507 g/mol. The molecule has 0 aromatic rings. The van der Waals surface area contributed by atoms with Gasteiger partial charge in [-0.05, 0) is 12.8 Å². The van der Waals surface area contributed by atoms with Crippen LogP contribution in [0, 0.1) is 13.8 Å². The van der Waals surface area contributed by atoms with E-state index in [1.165, 1.54) is 186 Å². The van der Waals surface area contributed by atoms with Crippen LogP contribution in [0.15, 0.2) is 0 Å². The topological polar surface area (TPSA) is 9.23 Å². The van der Waals surface area contributed by atoms with E-state index in [9.17, 15) is 0 Å². The fourth-order valence-electron chi connectivity index (χ4n) is 5.28. The third kappa shape index (κ3) is 34.0. The Morgan fingerprint density at radius 3 is 0.583 bits per heavy atom. The molecule has 0 bridgehead atoms. The van der Waals surface area contributed by atoms with Crippen molar-refractivity contribution in [2.24, 2.45) is 0 Å². The second kappa shape index (κ2) is 35.0. The maximum atomic E-state index is 5.86. The Morgan fingerprint density at radius 2 is 0.389 bits per heavy atom. The van der Waals surface area contributed by atoms with Crippen molar-refractivity contribution in [2.45, 2.75) is 199 Å². The smallest absolute Gasteiger partial charge is 0.0466 e. The van der Waals surface area contributed by atoms with Gasteiger partial charge in [0.2, 0.25) is 0 Å². The highest BCUT2D eigenvalue weighted by molar-refractivity contribution is 4.52. The quantitative estimate of drug-likeness (QED) is 0.0804. The van der Waals surface area contributed by atoms with Crippen LogP contribution in [-0.4, -0.2) is 13.2 Å². The SMILES string of the molecule is [CH2]CCCCCCCCCCCCCCCCCOCCCCCCCCCCCCCCCC[CH2]. The zero-order valence-electron chi connectivity index (χ0n) is 25.2. The Morgan fingerprint density at radius 1 is 0.222 bits per heavy atom. The molecule has 2 radical (unpaired) electrons. The zero-order valence-corrected chi connectivity index (χ0v) is 25.2. The van der Waals surface area contributed by atoms with Crippen LogP contribution in [0.5, 0.6) is 0 Å². The second-order valence-electron chi connectivity index (χ2n) is 11.6. The Bertz CT molecular complexity index is 319. The first kappa shape index (κ1) is 36.0. The summed E-state index contributed by atoms with van der Waals surface area (Å²) in [6.45, 7) is 9.82. The van der Waals surface area contributed by atoms with E-state index in [0.29, 0.717) is 0 Å². The average Bonchev–Trinajstić information content (AvgIpc) is 2.89. The first-order valence-corrected chi connectivity index (χ1v) is 17.1. The van der Waals surface area contributed by atoms with Crippen molar-refractivity contribution in [1.29, 1.82) is 0 Å². The van der Waals surface area contributed by atoms with Gasteiger partial charge in [-0.3, -0.25) is 0 Å². The van der Waals surface area contributed by atoms with Gasteiger partial charge in [-0.2, -0.15) is 0 Å². The summed E-state index contributed by atoms with van der Waals surface area (Å²) >= 11 is 0. The molecule has 0 atom stereocenters. The van der Waals surface area contributed by atoms with Gasteiger partial charge in [0.05, 0.1) is 0 Å². The van der Waals surface area contributed by atoms with E-state index >= 15 is 0 Å². The van der Waals surface area contributed by atoms with E-state index in [-0.39, 0.29) is 0 Å². The van der Waals surface area contributed by atoms with E-state index in [4.69, 9.17) is 4.74 Å². The lowest BCUT2D eigenvalue weighted by molar-refractivity contribution is 0.125. The third-order valence-corrected chi connectivity index (χ3v) is 7.83. The number of ether oxygens (including phenoxy) is 1. The predicted molar refractivity (Wildman–Crippen MR) is 165 cm³/mol.